The lowest BCUT2D eigenvalue weighted by Crippen LogP contribution is -2.29. The average Bonchev–Trinajstić information content (AvgIpc) is 3.01. The summed E-state index contributed by atoms with van der Waals surface area (Å²) >= 11 is 0. The Bertz CT molecular complexity index is 1410. The zero-order valence-corrected chi connectivity index (χ0v) is 28.0. The summed E-state index contributed by atoms with van der Waals surface area (Å²) in [5, 5.41) is 11.6. The summed E-state index contributed by atoms with van der Waals surface area (Å²) in [7, 11) is 1.37. The van der Waals surface area contributed by atoms with Gasteiger partial charge in [0, 0.05) is 25.5 Å². The topological polar surface area (TPSA) is 49.3 Å². The second-order valence-electron chi connectivity index (χ2n) is 9.70. The first-order valence-corrected chi connectivity index (χ1v) is 15.0. The molecule has 0 spiro atoms. The number of nitrogens with one attached hydrogen (secondary N) is 1. The quantitative estimate of drug-likeness (QED) is 0.222. The number of carbonyl (C=O) groups is 1. The van der Waals surface area contributed by atoms with E-state index in [4.69, 9.17) is 0 Å². The third-order valence-corrected chi connectivity index (χ3v) is 5.76. The summed E-state index contributed by atoms with van der Waals surface area (Å²) < 4.78 is 128. The summed E-state index contributed by atoms with van der Waals surface area (Å²) in [5.41, 5.74) is -0.737. The molecule has 1 aliphatic rings. The van der Waals surface area contributed by atoms with Crippen LogP contribution in [-0.4, -0.2) is 36.6 Å². The summed E-state index contributed by atoms with van der Waals surface area (Å²) in [6.07, 6.45) is -2.62. The number of carbonyl (C=O) groups excluding carboxylic acids is 1. The Morgan fingerprint density at radius 2 is 1.51 bits per heavy atom. The fourth-order valence-electron chi connectivity index (χ4n) is 3.56. The van der Waals surface area contributed by atoms with Crippen molar-refractivity contribution in [3.63, 3.8) is 0 Å². The summed E-state index contributed by atoms with van der Waals surface area (Å²) in [4.78, 5) is 11.2. The predicted octanol–water partition coefficient (Wildman–Crippen LogP) is 11.3. The number of benzene rings is 2. The van der Waals surface area contributed by atoms with Gasteiger partial charge in [0.05, 0.1) is 5.57 Å². The molecule has 0 saturated heterocycles. The maximum Gasteiger partial charge on any atom is 0.415 e. The molecule has 2 aromatic rings. The average molecular weight is 712 g/mol. The predicted molar refractivity (Wildman–Crippen MR) is 174 cm³/mol. The molecule has 0 heterocycles. The second kappa shape index (κ2) is 23.9. The minimum Gasteiger partial charge on any atom is -0.505 e. The van der Waals surface area contributed by atoms with Crippen molar-refractivity contribution >= 4 is 5.91 Å². The first-order chi connectivity index (χ1) is 22.9. The van der Waals surface area contributed by atoms with Gasteiger partial charge in [0.2, 0.25) is 0 Å². The van der Waals surface area contributed by atoms with Gasteiger partial charge in [-0.1, -0.05) is 63.3 Å². The van der Waals surface area contributed by atoms with Crippen LogP contribution in [0.5, 0.6) is 5.75 Å². The van der Waals surface area contributed by atoms with E-state index in [1.54, 1.807) is 6.08 Å². The first kappa shape index (κ1) is 46.8. The number of likely N-dealkylation sites (N-methyl/N-ethyl adjacent to an activating group) is 1. The van der Waals surface area contributed by atoms with E-state index in [1.165, 1.54) is 31.3 Å². The number of halogens is 10. The molecule has 3 nitrogen and oxygen atoms in total. The van der Waals surface area contributed by atoms with Crippen molar-refractivity contribution in [2.24, 2.45) is 0 Å². The normalized spacial score (nSPS) is 15.1. The third kappa shape index (κ3) is 18.7. The molecule has 0 aliphatic heterocycles. The van der Waals surface area contributed by atoms with Crippen LogP contribution < -0.4 is 5.32 Å². The van der Waals surface area contributed by atoms with Crippen LogP contribution in [0.1, 0.15) is 63.6 Å². The van der Waals surface area contributed by atoms with Gasteiger partial charge in [-0.05, 0) is 67.1 Å². The standard InChI is InChI=1S/C16H12F6O.C11H11F4NO.C4H8.C3H6.C2H6/c17-12-5-10(3-9-1-2-13(18)14(23)7-9)4-11(6-12)8-16(21,22)15(19)20;1-16-10(17)7-3-2-4-9(12)8(6-5-7)11(13,14)15;1-3-4-2;1-3-2;1-2/h1-2,4-7,15,23H,3,8H2;2-3,5H,4,6H2,1H3,(H,16,17);3H,1,4H2,2H3;3H,1H2,2H3;1-2H3/b;3-2?,7-5+,9-8-;;;. The molecule has 13 heteroatoms. The van der Waals surface area contributed by atoms with Crippen LogP contribution in [0.25, 0.3) is 0 Å². The zero-order valence-electron chi connectivity index (χ0n) is 28.0. The van der Waals surface area contributed by atoms with E-state index in [0.717, 1.165) is 36.8 Å². The van der Waals surface area contributed by atoms with Gasteiger partial charge in [-0.3, -0.25) is 4.79 Å². The van der Waals surface area contributed by atoms with Crippen molar-refractivity contribution in [1.29, 1.82) is 0 Å². The molecule has 1 aliphatic carbocycles. The van der Waals surface area contributed by atoms with E-state index < -0.39 is 72.5 Å². The first-order valence-electron chi connectivity index (χ1n) is 15.0. The van der Waals surface area contributed by atoms with Crippen LogP contribution in [0.4, 0.5) is 43.9 Å². The van der Waals surface area contributed by atoms with Crippen LogP contribution in [0, 0.1) is 11.6 Å². The molecular weight excluding hydrogens is 668 g/mol. The number of rotatable bonds is 7. The largest absolute Gasteiger partial charge is 0.505 e. The van der Waals surface area contributed by atoms with E-state index >= 15 is 0 Å². The molecule has 0 fully saturated rings. The molecule has 0 atom stereocenters. The fraction of sp³-hybridized carbons (Fsp3) is 0.361. The van der Waals surface area contributed by atoms with Crippen molar-refractivity contribution in [2.75, 3.05) is 7.05 Å². The number of allylic oxidation sites excluding steroid dienone is 6. The number of alkyl halides is 7. The van der Waals surface area contributed by atoms with E-state index in [9.17, 15) is 53.8 Å². The molecule has 2 aromatic carbocycles. The van der Waals surface area contributed by atoms with Crippen LogP contribution in [0.3, 0.4) is 0 Å². The minimum atomic E-state index is -4.71. The van der Waals surface area contributed by atoms with Crippen molar-refractivity contribution in [3.8, 4) is 5.75 Å². The van der Waals surface area contributed by atoms with Crippen LogP contribution in [0.2, 0.25) is 0 Å². The monoisotopic (exact) mass is 711 g/mol. The number of hydrogen-bond donors (Lipinski definition) is 2. The molecular formula is C36H43F10NO2. The molecule has 3 rings (SSSR count). The SMILES string of the molecule is C=CC.C=CCC.CC.CNC(=O)/C1=C/C/C(C(F)(F)F)=C(/F)CC=C1.Oc1cc(Cc2cc(F)cc(CC(F)(F)C(F)F)c2)ccc1F. The van der Waals surface area contributed by atoms with Gasteiger partial charge in [0.15, 0.2) is 11.6 Å². The Hall–Kier alpha value is -4.29. The van der Waals surface area contributed by atoms with Crippen LogP contribution >= 0.6 is 0 Å². The molecule has 0 bridgehead atoms. The maximum absolute atomic E-state index is 13.5. The van der Waals surface area contributed by atoms with Gasteiger partial charge in [-0.15, -0.1) is 13.2 Å². The molecule has 0 radical (unpaired) electrons. The second-order valence-corrected chi connectivity index (χ2v) is 9.70. The van der Waals surface area contributed by atoms with E-state index in [1.807, 2.05) is 26.8 Å². The van der Waals surface area contributed by atoms with Crippen LogP contribution in [0.15, 0.2) is 96.9 Å². The highest BCUT2D eigenvalue weighted by Crippen LogP contribution is 2.34. The summed E-state index contributed by atoms with van der Waals surface area (Å²) in [6.45, 7) is 14.8. The Labute approximate surface area is 281 Å². The number of hydrogen-bond acceptors (Lipinski definition) is 2. The summed E-state index contributed by atoms with van der Waals surface area (Å²) in [6, 6.07) is 6.48. The minimum absolute atomic E-state index is 0.0266. The van der Waals surface area contributed by atoms with Crippen molar-refractivity contribution in [3.05, 3.63) is 125 Å². The van der Waals surface area contributed by atoms with Gasteiger partial charge >= 0.3 is 18.5 Å². The molecule has 0 aromatic heterocycles. The molecule has 274 valence electrons. The number of aromatic hydroxyl groups is 1. The lowest BCUT2D eigenvalue weighted by molar-refractivity contribution is -0.127. The highest BCUT2D eigenvalue weighted by Gasteiger charge is 2.40. The fourth-order valence-corrected chi connectivity index (χ4v) is 3.56. The highest BCUT2D eigenvalue weighted by atomic mass is 19.4. The van der Waals surface area contributed by atoms with E-state index in [2.05, 4.69) is 25.4 Å². The van der Waals surface area contributed by atoms with Crippen LogP contribution in [-0.2, 0) is 17.6 Å². The van der Waals surface area contributed by atoms with Gasteiger partial charge in [0.25, 0.3) is 5.91 Å². The van der Waals surface area contributed by atoms with Crippen molar-refractivity contribution < 1.29 is 53.8 Å². The Morgan fingerprint density at radius 1 is 0.959 bits per heavy atom. The van der Waals surface area contributed by atoms with Gasteiger partial charge in [-0.25, -0.2) is 22.0 Å². The van der Waals surface area contributed by atoms with Gasteiger partial charge in [-0.2, -0.15) is 22.0 Å². The number of amides is 1. The maximum atomic E-state index is 13.5. The Kier molecular flexibility index (Phi) is 22.9. The van der Waals surface area contributed by atoms with E-state index in [0.29, 0.717) is 5.56 Å². The Balaban J connectivity index is 0. The molecule has 0 saturated carbocycles. The Morgan fingerprint density at radius 3 is 1.98 bits per heavy atom. The molecule has 1 amide bonds. The third-order valence-electron chi connectivity index (χ3n) is 5.76. The van der Waals surface area contributed by atoms with E-state index in [-0.39, 0.29) is 23.1 Å². The summed E-state index contributed by atoms with van der Waals surface area (Å²) in [5.74, 6) is -8.22. The zero-order chi connectivity index (χ0) is 38.4. The molecule has 49 heavy (non-hydrogen) atoms. The highest BCUT2D eigenvalue weighted by molar-refractivity contribution is 5.96. The van der Waals surface area contributed by atoms with Gasteiger partial charge < -0.3 is 10.4 Å². The molecule has 2 N–H and O–H groups in total. The van der Waals surface area contributed by atoms with Crippen molar-refractivity contribution in [1.82, 2.24) is 5.32 Å². The lowest BCUT2D eigenvalue weighted by atomic mass is 9.99. The number of phenolic OH excluding ortho intramolecular Hbond substituents is 1. The molecule has 0 unspecified atom stereocenters. The van der Waals surface area contributed by atoms with Gasteiger partial charge in [0.1, 0.15) is 11.6 Å². The smallest absolute Gasteiger partial charge is 0.415 e. The number of phenols is 1. The van der Waals surface area contributed by atoms with Crippen molar-refractivity contribution in [2.45, 2.75) is 78.3 Å². The lowest BCUT2D eigenvalue weighted by Gasteiger charge is -2.16.